The normalized spacial score (nSPS) is 18.3. The van der Waals surface area contributed by atoms with Crippen LogP contribution in [-0.2, 0) is 0 Å². The molecule has 4 rings (SSSR count). The number of nitrogens with zero attached hydrogens (tertiary/aromatic N) is 2. The van der Waals surface area contributed by atoms with Gasteiger partial charge in [0.2, 0.25) is 0 Å². The maximum atomic E-state index is 14.6. The van der Waals surface area contributed by atoms with Crippen LogP contribution in [0.2, 0.25) is 0 Å². The largest absolute Gasteiger partial charge is 0.737 e. The highest BCUT2D eigenvalue weighted by Crippen LogP contribution is 2.39. The quantitative estimate of drug-likeness (QED) is 0.675. The Morgan fingerprint density at radius 2 is 2.00 bits per heavy atom. The number of benzene rings is 1. The highest BCUT2D eigenvalue weighted by Gasteiger charge is 2.51. The van der Waals surface area contributed by atoms with Gasteiger partial charge in [0.25, 0.3) is 0 Å². The van der Waals surface area contributed by atoms with Gasteiger partial charge in [-0.2, -0.15) is 0 Å². The van der Waals surface area contributed by atoms with Crippen LogP contribution in [0.15, 0.2) is 58.9 Å². The van der Waals surface area contributed by atoms with E-state index in [1.165, 1.54) is 18.5 Å². The van der Waals surface area contributed by atoms with Crippen molar-refractivity contribution in [3.63, 3.8) is 0 Å². The van der Waals surface area contributed by atoms with Gasteiger partial charge < -0.3 is 17.6 Å². The van der Waals surface area contributed by atoms with Crippen LogP contribution in [0.3, 0.4) is 0 Å². The van der Waals surface area contributed by atoms with E-state index in [1.54, 1.807) is 36.4 Å². The van der Waals surface area contributed by atoms with E-state index >= 15 is 0 Å². The van der Waals surface area contributed by atoms with Crippen molar-refractivity contribution in [2.45, 2.75) is 0 Å². The zero-order chi connectivity index (χ0) is 15.5. The summed E-state index contributed by atoms with van der Waals surface area (Å²) >= 11 is 3.21. The third-order valence-electron chi connectivity index (χ3n) is 3.94. The van der Waals surface area contributed by atoms with Crippen LogP contribution >= 0.6 is 15.9 Å². The first kappa shape index (κ1) is 13.6. The fraction of sp³-hybridized carbons (Fsp3) is 0. The zero-order valence-corrected chi connectivity index (χ0v) is 12.8. The molecule has 0 radical (unpaired) electrons. The van der Waals surface area contributed by atoms with Crippen LogP contribution in [0.5, 0.6) is 0 Å². The molecule has 2 nitrogen and oxygen atoms in total. The maximum absolute atomic E-state index is 14.6. The fourth-order valence-electron chi connectivity index (χ4n) is 2.99. The van der Waals surface area contributed by atoms with Gasteiger partial charge in [0, 0.05) is 27.9 Å². The van der Waals surface area contributed by atoms with E-state index in [2.05, 4.69) is 15.9 Å². The Kier molecular flexibility index (Phi) is 2.78. The lowest BCUT2D eigenvalue weighted by Gasteiger charge is -2.31. The minimum Gasteiger partial charge on any atom is -0.396 e. The van der Waals surface area contributed by atoms with Gasteiger partial charge in [-0.15, -0.1) is 0 Å². The number of allylic oxidation sites excluding steroid dienone is 2. The van der Waals surface area contributed by atoms with Gasteiger partial charge in [0.1, 0.15) is 12.0 Å². The van der Waals surface area contributed by atoms with Crippen molar-refractivity contribution in [2.24, 2.45) is 0 Å². The van der Waals surface area contributed by atoms with Gasteiger partial charge in [-0.05, 0) is 36.5 Å². The van der Waals surface area contributed by atoms with Crippen molar-refractivity contribution in [2.75, 3.05) is 0 Å². The van der Waals surface area contributed by atoms with Gasteiger partial charge in [-0.25, -0.2) is 4.39 Å². The van der Waals surface area contributed by atoms with Crippen LogP contribution in [0.4, 0.5) is 13.0 Å². The second kappa shape index (κ2) is 4.49. The summed E-state index contributed by atoms with van der Waals surface area (Å²) in [6.07, 6.45) is 5.79. The molecule has 0 spiro atoms. The van der Waals surface area contributed by atoms with Crippen LogP contribution in [0, 0.1) is 5.82 Å². The van der Waals surface area contributed by atoms with Gasteiger partial charge in [0.15, 0.2) is 5.70 Å². The van der Waals surface area contributed by atoms with Gasteiger partial charge in [0.05, 0.1) is 5.57 Å². The summed E-state index contributed by atoms with van der Waals surface area (Å²) in [5.74, 6) is -0.456. The summed E-state index contributed by atoms with van der Waals surface area (Å²) in [5, 5.41) is 0. The zero-order valence-electron chi connectivity index (χ0n) is 11.2. The van der Waals surface area contributed by atoms with Crippen molar-refractivity contribution in [1.29, 1.82) is 0 Å². The summed E-state index contributed by atoms with van der Waals surface area (Å²) in [5.41, 5.74) is 1.40. The number of halogens is 4. The molecule has 0 fully saturated rings. The lowest BCUT2D eigenvalue weighted by atomic mass is 9.86. The predicted molar refractivity (Wildman–Crippen MR) is 83.4 cm³/mol. The SMILES string of the molecule is Fc1cc(Br)ccc1C1=C2C=CC=[N+]2[B-](F)(F)n2cccc21. The number of hydrogen-bond acceptors (Lipinski definition) is 0. The van der Waals surface area contributed by atoms with Crippen LogP contribution in [-0.4, -0.2) is 22.1 Å². The lowest BCUT2D eigenvalue weighted by Crippen LogP contribution is -2.49. The molecule has 2 aromatic rings. The highest BCUT2D eigenvalue weighted by molar-refractivity contribution is 9.10. The van der Waals surface area contributed by atoms with E-state index in [4.69, 9.17) is 0 Å². The van der Waals surface area contributed by atoms with E-state index in [0.717, 1.165) is 8.96 Å². The molecule has 22 heavy (non-hydrogen) atoms. The number of fused-ring (bicyclic) bond motifs is 2. The van der Waals surface area contributed by atoms with Crippen molar-refractivity contribution in [3.05, 3.63) is 75.9 Å². The number of aromatic nitrogens is 1. The van der Waals surface area contributed by atoms with E-state index in [9.17, 15) is 13.0 Å². The predicted octanol–water partition coefficient (Wildman–Crippen LogP) is 4.04. The summed E-state index contributed by atoms with van der Waals surface area (Å²) in [4.78, 5) is 0. The minimum atomic E-state index is -3.95. The Morgan fingerprint density at radius 1 is 1.18 bits per heavy atom. The standard InChI is InChI=1S/C15H9BBrF3N2/c17-10-5-6-11(12(18)9-10)15-13-3-1-7-21(13)16(19,20)22-8-2-4-14(15)22/h1-9H. The molecule has 1 aromatic heterocycles. The molecular weight excluding hydrogens is 356 g/mol. The third kappa shape index (κ3) is 1.72. The van der Waals surface area contributed by atoms with Gasteiger partial charge in [-0.3, -0.25) is 0 Å². The smallest absolute Gasteiger partial charge is 0.396 e. The van der Waals surface area contributed by atoms with Crippen molar-refractivity contribution in [1.82, 2.24) is 4.48 Å². The maximum Gasteiger partial charge on any atom is 0.737 e. The minimum absolute atomic E-state index is 0.300. The molecule has 2 aliphatic rings. The molecule has 2 aliphatic heterocycles. The molecule has 7 heteroatoms. The molecule has 0 saturated heterocycles. The van der Waals surface area contributed by atoms with Gasteiger partial charge in [-0.1, -0.05) is 15.9 Å². The second-order valence-corrected chi connectivity index (χ2v) is 6.10. The molecule has 0 atom stereocenters. The summed E-state index contributed by atoms with van der Waals surface area (Å²) in [6.45, 7) is -3.95. The first-order valence-corrected chi connectivity index (χ1v) is 7.49. The fourth-order valence-corrected chi connectivity index (χ4v) is 3.32. The van der Waals surface area contributed by atoms with Crippen molar-refractivity contribution < 1.29 is 17.5 Å². The average molecular weight is 365 g/mol. The molecule has 1 aromatic carbocycles. The summed E-state index contributed by atoms with van der Waals surface area (Å²) < 4.78 is 46.0. The average Bonchev–Trinajstić information content (AvgIpc) is 3.11. The molecule has 0 aliphatic carbocycles. The molecular formula is C15H9BBrF3N2. The van der Waals surface area contributed by atoms with Crippen LogP contribution < -0.4 is 0 Å². The lowest BCUT2D eigenvalue weighted by molar-refractivity contribution is -0.356. The summed E-state index contributed by atoms with van der Waals surface area (Å²) in [6, 6.07) is 7.77. The molecule has 110 valence electrons. The van der Waals surface area contributed by atoms with E-state index in [-0.39, 0.29) is 0 Å². The Balaban J connectivity index is 2.07. The molecule has 0 unspecified atom stereocenters. The Hall–Kier alpha value is -2.02. The second-order valence-electron chi connectivity index (χ2n) is 5.19. The Labute approximate surface area is 133 Å². The van der Waals surface area contributed by atoms with Crippen molar-refractivity contribution >= 4 is 34.7 Å². The van der Waals surface area contributed by atoms with Crippen molar-refractivity contribution in [3.8, 4) is 0 Å². The molecule has 0 N–H and O–H groups in total. The van der Waals surface area contributed by atoms with E-state index in [0.29, 0.717) is 27.0 Å². The number of hydrogen-bond donors (Lipinski definition) is 0. The Morgan fingerprint density at radius 3 is 2.77 bits per heavy atom. The third-order valence-corrected chi connectivity index (χ3v) is 4.43. The highest BCUT2D eigenvalue weighted by atomic mass is 79.9. The Bertz CT molecular complexity index is 896. The monoisotopic (exact) mass is 364 g/mol. The van der Waals surface area contributed by atoms with Gasteiger partial charge >= 0.3 is 6.97 Å². The first-order chi connectivity index (χ1) is 10.5. The van der Waals surface area contributed by atoms with E-state index < -0.39 is 12.8 Å². The molecule has 0 saturated carbocycles. The molecule has 0 amide bonds. The molecule has 3 heterocycles. The van der Waals surface area contributed by atoms with E-state index in [1.807, 2.05) is 0 Å². The van der Waals surface area contributed by atoms with Crippen LogP contribution in [0.25, 0.3) is 5.57 Å². The number of rotatable bonds is 1. The van der Waals surface area contributed by atoms with Crippen LogP contribution in [0.1, 0.15) is 11.3 Å². The first-order valence-electron chi connectivity index (χ1n) is 6.69. The topological polar surface area (TPSA) is 7.94 Å². The molecule has 0 bridgehead atoms. The summed E-state index contributed by atoms with van der Waals surface area (Å²) in [7, 11) is 0.